The van der Waals surface area contributed by atoms with E-state index >= 15 is 0 Å². The molecular formula is C16H17O4W-. The molecule has 21 heavy (non-hydrogen) atoms. The summed E-state index contributed by atoms with van der Waals surface area (Å²) in [7, 11) is 1.64. The molecule has 4 nitrogen and oxygen atoms in total. The number of methoxy groups -OCH3 is 1. The number of carbonyl (C=O) groups excluding carboxylic acids is 1. The number of rotatable bonds is 2. The molecule has 0 aromatic heterocycles. The van der Waals surface area contributed by atoms with E-state index in [-0.39, 0.29) is 38.5 Å². The topological polar surface area (TPSA) is 55.8 Å². The molecule has 1 aliphatic heterocycles. The molecule has 1 spiro atoms. The van der Waals surface area contributed by atoms with Gasteiger partial charge in [0.05, 0.1) is 6.10 Å². The molecule has 0 bridgehead atoms. The summed E-state index contributed by atoms with van der Waals surface area (Å²) >= 11 is 0. The summed E-state index contributed by atoms with van der Waals surface area (Å²) in [6.45, 7) is 1.89. The first kappa shape index (κ1) is 16.3. The van der Waals surface area contributed by atoms with Crippen LogP contribution in [-0.2, 0) is 35.3 Å². The van der Waals surface area contributed by atoms with Gasteiger partial charge >= 0.3 is 0 Å². The summed E-state index contributed by atoms with van der Waals surface area (Å²) in [4.78, 5) is 12.2. The van der Waals surface area contributed by atoms with Gasteiger partial charge in [-0.15, -0.1) is 35.4 Å². The van der Waals surface area contributed by atoms with Crippen molar-refractivity contribution in [3.05, 3.63) is 41.2 Å². The van der Waals surface area contributed by atoms with Crippen LogP contribution in [0.15, 0.2) is 24.0 Å². The number of ether oxygens (including phenoxy) is 2. The first-order valence-electron chi connectivity index (χ1n) is 6.75. The molecule has 1 N–H and O–H groups in total. The normalized spacial score (nSPS) is 27.9. The monoisotopic (exact) mass is 457 g/mol. The van der Waals surface area contributed by atoms with Crippen molar-refractivity contribution in [3.63, 3.8) is 0 Å². The van der Waals surface area contributed by atoms with Crippen molar-refractivity contribution >= 4 is 11.5 Å². The Hall–Kier alpha value is -1.12. The molecule has 2 unspecified atom stereocenters. The van der Waals surface area contributed by atoms with E-state index in [0.29, 0.717) is 18.4 Å². The standard InChI is InChI=1S/C16H17O4.W/c1-10-5-3-4-6-12(10)13-14(17)16(20-15(13)18)8-7-11(9-16)19-2;/h3-5,11,17H,7-9H2,1-2H3;/q-1;. The van der Waals surface area contributed by atoms with Gasteiger partial charge in [0.25, 0.3) is 5.97 Å². The molecule has 0 radical (unpaired) electrons. The minimum Gasteiger partial charge on any atom is -0.517 e. The van der Waals surface area contributed by atoms with E-state index in [4.69, 9.17) is 9.47 Å². The van der Waals surface area contributed by atoms with Crippen LogP contribution >= 0.6 is 0 Å². The molecular weight excluding hydrogens is 440 g/mol. The van der Waals surface area contributed by atoms with Crippen LogP contribution in [0, 0.1) is 13.0 Å². The maximum absolute atomic E-state index is 12.2. The SMILES string of the molecule is COC1CCC2(C1)OC(=O)C(c1[c-]cccc1C)=C2O.[W]. The zero-order chi connectivity index (χ0) is 14.3. The molecule has 1 fully saturated rings. The van der Waals surface area contributed by atoms with Gasteiger partial charge in [-0.05, 0) is 12.8 Å². The molecule has 2 aliphatic rings. The second kappa shape index (κ2) is 5.94. The van der Waals surface area contributed by atoms with E-state index in [2.05, 4.69) is 6.07 Å². The van der Waals surface area contributed by atoms with Gasteiger partial charge in [-0.3, -0.25) is 4.79 Å². The van der Waals surface area contributed by atoms with Gasteiger partial charge in [0.1, 0.15) is 5.76 Å². The summed E-state index contributed by atoms with van der Waals surface area (Å²) in [6, 6.07) is 8.49. The molecule has 1 aliphatic carbocycles. The zero-order valence-corrected chi connectivity index (χ0v) is 14.9. The molecule has 2 atom stereocenters. The van der Waals surface area contributed by atoms with Crippen molar-refractivity contribution in [2.24, 2.45) is 0 Å². The fourth-order valence-electron chi connectivity index (χ4n) is 3.09. The number of aryl methyl sites for hydroxylation is 1. The fraction of sp³-hybridized carbons (Fsp3) is 0.438. The van der Waals surface area contributed by atoms with Crippen molar-refractivity contribution in [2.75, 3.05) is 7.11 Å². The van der Waals surface area contributed by atoms with Crippen LogP contribution in [0.5, 0.6) is 0 Å². The Bertz CT molecular complexity index is 596. The van der Waals surface area contributed by atoms with E-state index in [1.165, 1.54) is 0 Å². The Morgan fingerprint density at radius 3 is 2.90 bits per heavy atom. The van der Waals surface area contributed by atoms with Gasteiger partial charge in [-0.2, -0.15) is 0 Å². The number of esters is 1. The molecule has 0 amide bonds. The Labute approximate surface area is 138 Å². The molecule has 1 heterocycles. The summed E-state index contributed by atoms with van der Waals surface area (Å²) in [5.41, 5.74) is 0.861. The van der Waals surface area contributed by atoms with Crippen LogP contribution in [0.2, 0.25) is 0 Å². The predicted octanol–water partition coefficient (Wildman–Crippen LogP) is 2.56. The van der Waals surface area contributed by atoms with Crippen LogP contribution in [0.25, 0.3) is 5.57 Å². The average molecular weight is 457 g/mol. The van der Waals surface area contributed by atoms with Gasteiger partial charge in [-0.1, -0.05) is 6.92 Å². The number of hydrogen-bond donors (Lipinski definition) is 1. The minimum absolute atomic E-state index is 0. The smallest absolute Gasteiger partial charge is 0.300 e. The largest absolute Gasteiger partial charge is 0.517 e. The van der Waals surface area contributed by atoms with Gasteiger partial charge in [0.15, 0.2) is 5.60 Å². The summed E-state index contributed by atoms with van der Waals surface area (Å²) in [6.07, 6.45) is 1.90. The van der Waals surface area contributed by atoms with Crippen molar-refractivity contribution in [1.82, 2.24) is 0 Å². The Balaban J connectivity index is 0.00000161. The van der Waals surface area contributed by atoms with Crippen LogP contribution in [0.1, 0.15) is 30.4 Å². The Kier molecular flexibility index (Phi) is 4.60. The third-order valence-electron chi connectivity index (χ3n) is 4.24. The van der Waals surface area contributed by atoms with Gasteiger partial charge < -0.3 is 14.6 Å². The fourth-order valence-corrected chi connectivity index (χ4v) is 3.09. The second-order valence-electron chi connectivity index (χ2n) is 5.44. The molecule has 0 saturated heterocycles. The number of hydrogen-bond acceptors (Lipinski definition) is 4. The second-order valence-corrected chi connectivity index (χ2v) is 5.44. The van der Waals surface area contributed by atoms with Gasteiger partial charge in [0, 0.05) is 40.2 Å². The van der Waals surface area contributed by atoms with Crippen molar-refractivity contribution < 1.29 is 40.4 Å². The van der Waals surface area contributed by atoms with Gasteiger partial charge in [-0.25, -0.2) is 0 Å². The van der Waals surface area contributed by atoms with Gasteiger partial charge in [0.2, 0.25) is 0 Å². The molecule has 1 saturated carbocycles. The number of aliphatic hydroxyl groups excluding tert-OH is 1. The molecule has 1 aromatic rings. The van der Waals surface area contributed by atoms with E-state index in [1.54, 1.807) is 13.2 Å². The van der Waals surface area contributed by atoms with Crippen LogP contribution in [0.3, 0.4) is 0 Å². The molecule has 112 valence electrons. The summed E-state index contributed by atoms with van der Waals surface area (Å²) in [5, 5.41) is 10.6. The average Bonchev–Trinajstić information content (AvgIpc) is 2.95. The minimum atomic E-state index is -0.900. The third kappa shape index (κ3) is 2.56. The van der Waals surface area contributed by atoms with Crippen molar-refractivity contribution in [2.45, 2.75) is 37.9 Å². The van der Waals surface area contributed by atoms with Crippen molar-refractivity contribution in [1.29, 1.82) is 0 Å². The predicted molar refractivity (Wildman–Crippen MR) is 73.0 cm³/mol. The Morgan fingerprint density at radius 2 is 2.29 bits per heavy atom. The Morgan fingerprint density at radius 1 is 1.52 bits per heavy atom. The van der Waals surface area contributed by atoms with Crippen molar-refractivity contribution in [3.8, 4) is 0 Å². The third-order valence-corrected chi connectivity index (χ3v) is 4.24. The zero-order valence-electron chi connectivity index (χ0n) is 12.0. The first-order chi connectivity index (χ1) is 9.57. The van der Waals surface area contributed by atoms with Crippen LogP contribution in [-0.4, -0.2) is 29.9 Å². The van der Waals surface area contributed by atoms with E-state index in [0.717, 1.165) is 12.0 Å². The number of benzene rings is 1. The van der Waals surface area contributed by atoms with E-state index in [9.17, 15) is 9.90 Å². The number of aliphatic hydroxyl groups is 1. The van der Waals surface area contributed by atoms with E-state index in [1.807, 2.05) is 19.1 Å². The van der Waals surface area contributed by atoms with Crippen LogP contribution < -0.4 is 0 Å². The summed E-state index contributed by atoms with van der Waals surface area (Å²) in [5.74, 6) is -0.433. The maximum Gasteiger partial charge on any atom is 0.300 e. The molecule has 5 heteroatoms. The summed E-state index contributed by atoms with van der Waals surface area (Å²) < 4.78 is 10.8. The maximum atomic E-state index is 12.2. The number of carbonyl (C=O) groups is 1. The quantitative estimate of drug-likeness (QED) is 0.548. The van der Waals surface area contributed by atoms with E-state index < -0.39 is 11.6 Å². The van der Waals surface area contributed by atoms with Crippen LogP contribution in [0.4, 0.5) is 0 Å². The first-order valence-corrected chi connectivity index (χ1v) is 6.75. The molecule has 1 aromatic carbocycles. The molecule has 3 rings (SSSR count).